The molecule has 0 heterocycles. The normalized spacial score (nSPS) is 14.5. The quantitative estimate of drug-likeness (QED) is 0.594. The fraction of sp³-hybridized carbons (Fsp3) is 0.462. The van der Waals surface area contributed by atoms with Crippen molar-refractivity contribution >= 4 is 11.9 Å². The lowest BCUT2D eigenvalue weighted by Crippen LogP contribution is -2.49. The van der Waals surface area contributed by atoms with Gasteiger partial charge < -0.3 is 10.1 Å². The molecule has 162 valence electrons. The lowest BCUT2D eigenvalue weighted by atomic mass is 9.95. The zero-order chi connectivity index (χ0) is 22.3. The van der Waals surface area contributed by atoms with Crippen LogP contribution in [0.15, 0.2) is 54.6 Å². The molecule has 3 atom stereocenters. The van der Waals surface area contributed by atoms with Gasteiger partial charge in [-0.3, -0.25) is 4.79 Å². The molecule has 4 heteroatoms. The molecule has 0 aromatic heterocycles. The molecule has 0 saturated heterocycles. The van der Waals surface area contributed by atoms with Gasteiger partial charge >= 0.3 is 5.97 Å². The van der Waals surface area contributed by atoms with Crippen molar-refractivity contribution in [2.45, 2.75) is 66.0 Å². The van der Waals surface area contributed by atoms with Gasteiger partial charge in [0.1, 0.15) is 11.6 Å². The maximum absolute atomic E-state index is 12.8. The minimum Gasteiger partial charge on any atom is -0.458 e. The number of amides is 1. The van der Waals surface area contributed by atoms with Gasteiger partial charge in [0.25, 0.3) is 0 Å². The Labute approximate surface area is 181 Å². The number of carbonyl (C=O) groups is 2. The van der Waals surface area contributed by atoms with Crippen LogP contribution in [0.5, 0.6) is 0 Å². The number of carbonyl (C=O) groups excluding carboxylic acids is 2. The van der Waals surface area contributed by atoms with E-state index in [2.05, 4.69) is 41.7 Å². The summed E-state index contributed by atoms with van der Waals surface area (Å²) in [6.45, 7) is 11.4. The van der Waals surface area contributed by atoms with E-state index in [4.69, 9.17) is 4.74 Å². The van der Waals surface area contributed by atoms with Crippen LogP contribution < -0.4 is 5.32 Å². The molecule has 1 N–H and O–H groups in total. The maximum Gasteiger partial charge on any atom is 0.329 e. The average Bonchev–Trinajstić information content (AvgIpc) is 2.71. The highest BCUT2D eigenvalue weighted by atomic mass is 16.6. The number of hydrogen-bond acceptors (Lipinski definition) is 3. The lowest BCUT2D eigenvalue weighted by molar-refractivity contribution is -0.160. The fourth-order valence-corrected chi connectivity index (χ4v) is 3.24. The summed E-state index contributed by atoms with van der Waals surface area (Å²) in [7, 11) is 0. The number of benzene rings is 2. The standard InChI is InChI=1S/C26H35NO3/c1-7-18(2)23(25(29)30-26(4,5)6)27-24(28)19(3)17-20-13-15-22(16-14-20)21-11-9-8-10-12-21/h8-16,18-19,23H,7,17H2,1-6H3,(H,27,28)/t18-,19-,23+/m1/s1. The van der Waals surface area contributed by atoms with Crippen molar-refractivity contribution in [1.29, 1.82) is 0 Å². The fourth-order valence-electron chi connectivity index (χ4n) is 3.24. The largest absolute Gasteiger partial charge is 0.458 e. The number of hydrogen-bond donors (Lipinski definition) is 1. The van der Waals surface area contributed by atoms with Gasteiger partial charge in [-0.05, 0) is 49.8 Å². The lowest BCUT2D eigenvalue weighted by Gasteiger charge is -2.28. The zero-order valence-electron chi connectivity index (χ0n) is 19.1. The summed E-state index contributed by atoms with van der Waals surface area (Å²) < 4.78 is 5.52. The first kappa shape index (κ1) is 23.7. The molecule has 0 aliphatic heterocycles. The Morgan fingerprint density at radius 2 is 1.50 bits per heavy atom. The van der Waals surface area contributed by atoms with Gasteiger partial charge in [-0.1, -0.05) is 81.8 Å². The zero-order valence-corrected chi connectivity index (χ0v) is 19.1. The first-order valence-corrected chi connectivity index (χ1v) is 10.8. The third kappa shape index (κ3) is 7.01. The minimum absolute atomic E-state index is 0.00107. The number of nitrogens with one attached hydrogen (secondary N) is 1. The molecule has 0 bridgehead atoms. The Bertz CT molecular complexity index is 822. The van der Waals surface area contributed by atoms with Crippen molar-refractivity contribution in [3.8, 4) is 11.1 Å². The summed E-state index contributed by atoms with van der Waals surface area (Å²) >= 11 is 0. The minimum atomic E-state index is -0.635. The molecule has 0 unspecified atom stereocenters. The molecular weight excluding hydrogens is 374 g/mol. The first-order chi connectivity index (χ1) is 14.1. The van der Waals surface area contributed by atoms with Crippen LogP contribution in [0.1, 0.15) is 53.5 Å². The van der Waals surface area contributed by atoms with Crippen molar-refractivity contribution in [3.63, 3.8) is 0 Å². The van der Waals surface area contributed by atoms with Crippen LogP contribution in [0.2, 0.25) is 0 Å². The molecule has 0 spiro atoms. The molecule has 0 aliphatic carbocycles. The Hall–Kier alpha value is -2.62. The Kier molecular flexibility index (Phi) is 8.22. The molecule has 0 fully saturated rings. The summed E-state index contributed by atoms with van der Waals surface area (Å²) in [5, 5.41) is 2.93. The Balaban J connectivity index is 2.02. The molecule has 30 heavy (non-hydrogen) atoms. The van der Waals surface area contributed by atoms with Gasteiger partial charge in [-0.15, -0.1) is 0 Å². The predicted octanol–water partition coefficient (Wildman–Crippen LogP) is 5.40. The van der Waals surface area contributed by atoms with E-state index in [0.717, 1.165) is 17.5 Å². The van der Waals surface area contributed by atoms with Gasteiger partial charge in [-0.25, -0.2) is 4.79 Å². The van der Waals surface area contributed by atoms with Crippen LogP contribution in [-0.2, 0) is 20.7 Å². The van der Waals surface area contributed by atoms with Crippen LogP contribution >= 0.6 is 0 Å². The van der Waals surface area contributed by atoms with Crippen LogP contribution in [0.4, 0.5) is 0 Å². The highest BCUT2D eigenvalue weighted by Crippen LogP contribution is 2.21. The van der Waals surface area contributed by atoms with Gasteiger partial charge in [0.2, 0.25) is 5.91 Å². The summed E-state index contributed by atoms with van der Waals surface area (Å²) in [5.74, 6) is -0.745. The van der Waals surface area contributed by atoms with Gasteiger partial charge in [0, 0.05) is 5.92 Å². The van der Waals surface area contributed by atoms with Gasteiger partial charge in [0.05, 0.1) is 0 Å². The smallest absolute Gasteiger partial charge is 0.329 e. The summed E-state index contributed by atoms with van der Waals surface area (Å²) in [4.78, 5) is 25.4. The molecule has 2 rings (SSSR count). The average molecular weight is 410 g/mol. The van der Waals surface area contributed by atoms with Crippen molar-refractivity contribution < 1.29 is 14.3 Å². The van der Waals surface area contributed by atoms with Gasteiger partial charge in [-0.2, -0.15) is 0 Å². The topological polar surface area (TPSA) is 55.4 Å². The molecule has 2 aromatic carbocycles. The molecule has 2 aromatic rings. The molecule has 0 aliphatic rings. The van der Waals surface area contributed by atoms with E-state index < -0.39 is 11.6 Å². The van der Waals surface area contributed by atoms with Crippen LogP contribution in [0, 0.1) is 11.8 Å². The molecular formula is C26H35NO3. The molecule has 0 saturated carbocycles. The maximum atomic E-state index is 12.8. The SMILES string of the molecule is CC[C@@H](C)[C@H](NC(=O)[C@H](C)Cc1ccc(-c2ccccc2)cc1)C(=O)OC(C)(C)C. The second kappa shape index (κ2) is 10.4. The van der Waals surface area contributed by atoms with Crippen LogP contribution in [-0.4, -0.2) is 23.5 Å². The monoisotopic (exact) mass is 409 g/mol. The third-order valence-electron chi connectivity index (χ3n) is 5.22. The van der Waals surface area contributed by atoms with Crippen LogP contribution in [0.3, 0.4) is 0 Å². The number of ether oxygens (including phenoxy) is 1. The number of rotatable bonds is 8. The molecule has 1 amide bonds. The van der Waals surface area contributed by atoms with Crippen molar-refractivity contribution in [1.82, 2.24) is 5.32 Å². The second-order valence-electron chi connectivity index (χ2n) is 9.07. The van der Waals surface area contributed by atoms with E-state index in [1.54, 1.807) is 0 Å². The van der Waals surface area contributed by atoms with E-state index in [9.17, 15) is 9.59 Å². The van der Waals surface area contributed by atoms with Gasteiger partial charge in [0.15, 0.2) is 0 Å². The van der Waals surface area contributed by atoms with E-state index in [1.165, 1.54) is 5.56 Å². The van der Waals surface area contributed by atoms with Crippen molar-refractivity contribution in [2.75, 3.05) is 0 Å². The highest BCUT2D eigenvalue weighted by molar-refractivity contribution is 5.86. The third-order valence-corrected chi connectivity index (χ3v) is 5.22. The van der Waals surface area contributed by atoms with E-state index in [1.807, 2.05) is 59.7 Å². The Morgan fingerprint density at radius 1 is 0.933 bits per heavy atom. The second-order valence-corrected chi connectivity index (χ2v) is 9.07. The Morgan fingerprint density at radius 3 is 2.03 bits per heavy atom. The first-order valence-electron chi connectivity index (χ1n) is 10.8. The van der Waals surface area contributed by atoms with Crippen molar-refractivity contribution in [2.24, 2.45) is 11.8 Å². The number of esters is 1. The van der Waals surface area contributed by atoms with Crippen molar-refractivity contribution in [3.05, 3.63) is 60.2 Å². The van der Waals surface area contributed by atoms with Crippen LogP contribution in [0.25, 0.3) is 11.1 Å². The van der Waals surface area contributed by atoms with E-state index in [0.29, 0.717) is 6.42 Å². The molecule has 4 nitrogen and oxygen atoms in total. The van der Waals surface area contributed by atoms with E-state index >= 15 is 0 Å². The summed E-state index contributed by atoms with van der Waals surface area (Å²) in [6.07, 6.45) is 1.39. The predicted molar refractivity (Wildman–Crippen MR) is 122 cm³/mol. The molecule has 0 radical (unpaired) electrons. The summed E-state index contributed by atoms with van der Waals surface area (Å²) in [5.41, 5.74) is 2.83. The summed E-state index contributed by atoms with van der Waals surface area (Å²) in [6, 6.07) is 17.9. The van der Waals surface area contributed by atoms with E-state index in [-0.39, 0.29) is 23.7 Å². The highest BCUT2D eigenvalue weighted by Gasteiger charge is 2.31.